The van der Waals surface area contributed by atoms with Gasteiger partial charge in [0.15, 0.2) is 0 Å². The maximum Gasteiger partial charge on any atom is 0.335 e. The zero-order chi connectivity index (χ0) is 16.2. The van der Waals surface area contributed by atoms with Gasteiger partial charge in [0, 0.05) is 19.9 Å². The molecule has 0 saturated carbocycles. The lowest BCUT2D eigenvalue weighted by Crippen LogP contribution is -2.22. The highest BCUT2D eigenvalue weighted by Crippen LogP contribution is 2.15. The molecule has 0 spiro atoms. The van der Waals surface area contributed by atoms with Crippen molar-refractivity contribution in [3.63, 3.8) is 0 Å². The van der Waals surface area contributed by atoms with Crippen LogP contribution in [0, 0.1) is 5.82 Å². The summed E-state index contributed by atoms with van der Waals surface area (Å²) in [7, 11) is -3.80. The molecule has 1 N–H and O–H groups in total. The second-order valence-electron chi connectivity index (χ2n) is 4.58. The van der Waals surface area contributed by atoms with Crippen LogP contribution in [0.1, 0.15) is 18.4 Å². The Morgan fingerprint density at radius 3 is 2.59 bits per heavy atom. The smallest absolute Gasteiger partial charge is 0.335 e. The number of aromatic nitrogens is 2. The molecule has 0 atom stereocenters. The molecule has 0 saturated heterocycles. The van der Waals surface area contributed by atoms with Gasteiger partial charge in [-0.05, 0) is 17.7 Å². The minimum absolute atomic E-state index is 0.117. The third-order valence-corrected chi connectivity index (χ3v) is 4.11. The second-order valence-corrected chi connectivity index (χ2v) is 6.45. The highest BCUT2D eigenvalue weighted by molar-refractivity contribution is 7.90. The maximum atomic E-state index is 12.8. The molecule has 7 nitrogen and oxygen atoms in total. The number of nitrogens with one attached hydrogen (secondary N) is 1. The van der Waals surface area contributed by atoms with Crippen molar-refractivity contribution in [2.24, 2.45) is 0 Å². The Morgan fingerprint density at radius 1 is 1.27 bits per heavy atom. The molecule has 1 aromatic heterocycles. The van der Waals surface area contributed by atoms with Gasteiger partial charge in [0.25, 0.3) is 0 Å². The van der Waals surface area contributed by atoms with Crippen LogP contribution in [0.5, 0.6) is 0 Å². The van der Waals surface area contributed by atoms with Crippen LogP contribution in [-0.4, -0.2) is 31.1 Å². The summed E-state index contributed by atoms with van der Waals surface area (Å²) in [5.74, 6) is -0.894. The SMILES string of the molecule is CC(=O)NCCc1nnc(S(=O)(=O)Cc2ccc(F)cc2)o1. The van der Waals surface area contributed by atoms with E-state index < -0.39 is 20.9 Å². The number of hydrogen-bond acceptors (Lipinski definition) is 6. The van der Waals surface area contributed by atoms with Crippen molar-refractivity contribution < 1.29 is 22.0 Å². The van der Waals surface area contributed by atoms with Crippen LogP contribution in [0.2, 0.25) is 0 Å². The molecule has 0 aliphatic heterocycles. The van der Waals surface area contributed by atoms with E-state index in [2.05, 4.69) is 15.5 Å². The van der Waals surface area contributed by atoms with Crippen LogP contribution in [0.4, 0.5) is 4.39 Å². The Hall–Kier alpha value is -2.29. The van der Waals surface area contributed by atoms with Gasteiger partial charge in [-0.3, -0.25) is 4.79 Å². The summed E-state index contributed by atoms with van der Waals surface area (Å²) in [6, 6.07) is 5.11. The van der Waals surface area contributed by atoms with Gasteiger partial charge in [0.1, 0.15) is 5.82 Å². The molecular formula is C13H14FN3O4S. The topological polar surface area (TPSA) is 102 Å². The number of rotatable bonds is 6. The van der Waals surface area contributed by atoms with Crippen LogP contribution >= 0.6 is 0 Å². The van der Waals surface area contributed by atoms with Gasteiger partial charge in [-0.25, -0.2) is 12.8 Å². The summed E-state index contributed by atoms with van der Waals surface area (Å²) >= 11 is 0. The van der Waals surface area contributed by atoms with Crippen LogP contribution in [-0.2, 0) is 26.8 Å². The van der Waals surface area contributed by atoms with Crippen molar-refractivity contribution in [1.82, 2.24) is 15.5 Å². The fraction of sp³-hybridized carbons (Fsp3) is 0.308. The molecule has 0 fully saturated rings. The van der Waals surface area contributed by atoms with E-state index in [4.69, 9.17) is 4.42 Å². The highest BCUT2D eigenvalue weighted by Gasteiger charge is 2.23. The van der Waals surface area contributed by atoms with E-state index >= 15 is 0 Å². The zero-order valence-electron chi connectivity index (χ0n) is 11.7. The van der Waals surface area contributed by atoms with Crippen molar-refractivity contribution in [3.8, 4) is 0 Å². The lowest BCUT2D eigenvalue weighted by Gasteiger charge is -2.00. The molecule has 1 heterocycles. The largest absolute Gasteiger partial charge is 0.412 e. The van der Waals surface area contributed by atoms with Gasteiger partial charge < -0.3 is 9.73 Å². The minimum atomic E-state index is -3.80. The average molecular weight is 327 g/mol. The monoisotopic (exact) mass is 327 g/mol. The summed E-state index contributed by atoms with van der Waals surface area (Å²) in [6.07, 6.45) is 0.235. The van der Waals surface area contributed by atoms with E-state index in [1.807, 2.05) is 0 Å². The first kappa shape index (κ1) is 16.1. The first-order chi connectivity index (χ1) is 10.4. The number of carbonyl (C=O) groups excluding carboxylic acids is 1. The number of halogens is 1. The van der Waals surface area contributed by atoms with Gasteiger partial charge in [-0.15, -0.1) is 5.10 Å². The first-order valence-corrected chi connectivity index (χ1v) is 8.06. The van der Waals surface area contributed by atoms with Crippen molar-refractivity contribution in [1.29, 1.82) is 0 Å². The van der Waals surface area contributed by atoms with Gasteiger partial charge in [-0.1, -0.05) is 17.2 Å². The Balaban J connectivity index is 2.05. The van der Waals surface area contributed by atoms with Gasteiger partial charge >= 0.3 is 5.22 Å². The summed E-state index contributed by atoms with van der Waals surface area (Å²) in [4.78, 5) is 10.7. The number of amides is 1. The summed E-state index contributed by atoms with van der Waals surface area (Å²) < 4.78 is 42.1. The summed E-state index contributed by atoms with van der Waals surface area (Å²) in [5.41, 5.74) is 0.416. The second kappa shape index (κ2) is 6.65. The fourth-order valence-corrected chi connectivity index (χ4v) is 2.82. The van der Waals surface area contributed by atoms with Gasteiger partial charge in [0.05, 0.1) is 5.75 Å². The molecular weight excluding hydrogens is 313 g/mol. The standard InChI is InChI=1S/C13H14FN3O4S/c1-9(18)15-7-6-12-16-17-13(21-12)22(19,20)8-10-2-4-11(14)5-3-10/h2-5H,6-8H2,1H3,(H,15,18). The number of sulfone groups is 1. The third-order valence-electron chi connectivity index (χ3n) is 2.70. The molecule has 1 aromatic carbocycles. The van der Waals surface area contributed by atoms with E-state index in [-0.39, 0.29) is 30.5 Å². The normalized spacial score (nSPS) is 11.4. The van der Waals surface area contributed by atoms with E-state index in [0.29, 0.717) is 5.56 Å². The van der Waals surface area contributed by atoms with Gasteiger partial charge in [0.2, 0.25) is 21.6 Å². The number of benzene rings is 1. The molecule has 2 aromatic rings. The molecule has 0 radical (unpaired) electrons. The number of carbonyl (C=O) groups is 1. The minimum Gasteiger partial charge on any atom is -0.412 e. The Labute approximate surface area is 126 Å². The van der Waals surface area contributed by atoms with E-state index in [1.165, 1.54) is 31.2 Å². The molecule has 118 valence electrons. The molecule has 0 aliphatic rings. The van der Waals surface area contributed by atoms with E-state index in [9.17, 15) is 17.6 Å². The predicted molar refractivity (Wildman–Crippen MR) is 74.0 cm³/mol. The van der Waals surface area contributed by atoms with Crippen molar-refractivity contribution in [3.05, 3.63) is 41.5 Å². The highest BCUT2D eigenvalue weighted by atomic mass is 32.2. The molecule has 0 bridgehead atoms. The first-order valence-electron chi connectivity index (χ1n) is 6.41. The molecule has 0 unspecified atom stereocenters. The molecule has 22 heavy (non-hydrogen) atoms. The summed E-state index contributed by atoms with van der Waals surface area (Å²) in [6.45, 7) is 1.64. The Kier molecular flexibility index (Phi) is 4.86. The molecule has 9 heteroatoms. The molecule has 0 aliphatic carbocycles. The fourth-order valence-electron chi connectivity index (χ4n) is 1.67. The van der Waals surface area contributed by atoms with Crippen LogP contribution in [0.25, 0.3) is 0 Å². The van der Waals surface area contributed by atoms with Crippen LogP contribution in [0.15, 0.2) is 33.9 Å². The average Bonchev–Trinajstić information content (AvgIpc) is 2.90. The van der Waals surface area contributed by atoms with Gasteiger partial charge in [-0.2, -0.15) is 0 Å². The summed E-state index contributed by atoms with van der Waals surface area (Å²) in [5, 5.41) is 9.18. The Bertz CT molecular complexity index is 756. The van der Waals surface area contributed by atoms with Crippen molar-refractivity contribution >= 4 is 15.7 Å². The third kappa shape index (κ3) is 4.35. The zero-order valence-corrected chi connectivity index (χ0v) is 12.6. The lowest BCUT2D eigenvalue weighted by molar-refractivity contribution is -0.118. The van der Waals surface area contributed by atoms with Crippen LogP contribution < -0.4 is 5.32 Å². The lowest BCUT2D eigenvalue weighted by atomic mass is 10.2. The predicted octanol–water partition coefficient (Wildman–Crippen LogP) is 0.861. The van der Waals surface area contributed by atoms with Crippen molar-refractivity contribution in [2.75, 3.05) is 6.54 Å². The van der Waals surface area contributed by atoms with E-state index in [0.717, 1.165) is 0 Å². The quantitative estimate of drug-likeness (QED) is 0.844. The van der Waals surface area contributed by atoms with Crippen molar-refractivity contribution in [2.45, 2.75) is 24.3 Å². The van der Waals surface area contributed by atoms with E-state index in [1.54, 1.807) is 0 Å². The van der Waals surface area contributed by atoms with Crippen LogP contribution in [0.3, 0.4) is 0 Å². The molecule has 1 amide bonds. The Morgan fingerprint density at radius 2 is 1.95 bits per heavy atom. The number of nitrogens with zero attached hydrogens (tertiary/aromatic N) is 2. The molecule has 2 rings (SSSR count). The number of hydrogen-bond donors (Lipinski definition) is 1. The maximum absolute atomic E-state index is 12.8.